The molecule has 11 N–H and O–H groups in total. The highest BCUT2D eigenvalue weighted by Crippen LogP contribution is 2.42. The number of halogens is 1. The average molecular weight is 589 g/mol. The minimum atomic E-state index is -2.07. The molecule has 14 nitrogen and oxygen atoms in total. The summed E-state index contributed by atoms with van der Waals surface area (Å²) in [7, 11) is 0. The first kappa shape index (κ1) is 31.3. The first-order valence-electron chi connectivity index (χ1n) is 11.7. The molecule has 220 valence electrons. The van der Waals surface area contributed by atoms with Crippen LogP contribution in [0.3, 0.4) is 0 Å². The fourth-order valence-electron chi connectivity index (χ4n) is 4.20. The summed E-state index contributed by atoms with van der Waals surface area (Å²) in [6.07, 6.45) is -17.0. The number of hydrogen-bond donors (Lipinski definition) is 11. The Labute approximate surface area is 232 Å². The molecule has 1 aromatic heterocycles. The largest absolute Gasteiger partial charge is 1.00 e. The van der Waals surface area contributed by atoms with E-state index in [2.05, 4.69) is 0 Å². The van der Waals surface area contributed by atoms with E-state index in [4.69, 9.17) is 13.9 Å². The Hall–Kier alpha value is -3.18. The second-order valence-corrected chi connectivity index (χ2v) is 9.29. The summed E-state index contributed by atoms with van der Waals surface area (Å²) >= 11 is 0. The number of aliphatic hydroxyl groups is 7. The molecule has 9 atom stereocenters. The molecule has 2 heterocycles. The zero-order valence-electron chi connectivity index (χ0n) is 20.7. The molecule has 1 unspecified atom stereocenters. The quantitative estimate of drug-likeness (QED) is 0.0926. The predicted molar refractivity (Wildman–Crippen MR) is 130 cm³/mol. The lowest BCUT2D eigenvalue weighted by atomic mass is 9.90. The molecule has 1 aliphatic rings. The van der Waals surface area contributed by atoms with Crippen molar-refractivity contribution in [3.8, 4) is 40.1 Å². The molecule has 0 spiro atoms. The minimum absolute atomic E-state index is 0. The van der Waals surface area contributed by atoms with Crippen molar-refractivity contribution in [2.45, 2.75) is 62.0 Å². The van der Waals surface area contributed by atoms with Crippen LogP contribution in [0.1, 0.15) is 6.92 Å². The highest BCUT2D eigenvalue weighted by molar-refractivity contribution is 5.88. The minimum Gasteiger partial charge on any atom is -1.00 e. The second kappa shape index (κ2) is 12.1. The summed E-state index contributed by atoms with van der Waals surface area (Å²) in [5.41, 5.74) is 0.0782. The van der Waals surface area contributed by atoms with E-state index >= 15 is 0 Å². The van der Waals surface area contributed by atoms with E-state index in [9.17, 15) is 56.2 Å². The highest BCUT2D eigenvalue weighted by atomic mass is 35.5. The van der Waals surface area contributed by atoms with Crippen molar-refractivity contribution in [3.63, 3.8) is 0 Å². The maximum absolute atomic E-state index is 10.6. The van der Waals surface area contributed by atoms with Gasteiger partial charge >= 0.3 is 11.3 Å². The lowest BCUT2D eigenvalue weighted by Gasteiger charge is -2.43. The summed E-state index contributed by atoms with van der Waals surface area (Å²) in [5, 5.41) is 111. The van der Waals surface area contributed by atoms with Crippen molar-refractivity contribution in [1.29, 1.82) is 0 Å². The number of aromatic hydroxyl groups is 4. The predicted octanol–water partition coefficient (Wildman–Crippen LogP) is -4.14. The van der Waals surface area contributed by atoms with Crippen LogP contribution in [0.2, 0.25) is 0 Å². The fourth-order valence-corrected chi connectivity index (χ4v) is 4.20. The molecule has 0 amide bonds. The van der Waals surface area contributed by atoms with E-state index in [1.807, 2.05) is 0 Å². The normalized spacial score (nSPS) is 25.9. The molecule has 3 aromatic rings. The number of phenolic OH excluding ortho intramolecular Hbond substituents is 4. The van der Waals surface area contributed by atoms with Crippen LogP contribution in [0.25, 0.3) is 22.3 Å². The first-order chi connectivity index (χ1) is 18.3. The maximum Gasteiger partial charge on any atom is 0.402 e. The molecule has 0 saturated carbocycles. The van der Waals surface area contributed by atoms with Crippen LogP contribution in [0, 0.1) is 0 Å². The van der Waals surface area contributed by atoms with E-state index in [0.29, 0.717) is 0 Å². The first-order valence-corrected chi connectivity index (χ1v) is 11.7. The molecule has 1 saturated heterocycles. The van der Waals surface area contributed by atoms with Crippen LogP contribution in [0.4, 0.5) is 0 Å². The van der Waals surface area contributed by atoms with Gasteiger partial charge in [-0.1, -0.05) is 0 Å². The summed E-state index contributed by atoms with van der Waals surface area (Å²) in [4.78, 5) is 0. The molecule has 0 bridgehead atoms. The molecule has 1 aliphatic heterocycles. The van der Waals surface area contributed by atoms with Crippen LogP contribution in [-0.2, 0) is 4.74 Å². The van der Waals surface area contributed by atoms with Crippen LogP contribution in [0.5, 0.6) is 28.7 Å². The Morgan fingerprint density at radius 1 is 0.800 bits per heavy atom. The Morgan fingerprint density at radius 3 is 2.10 bits per heavy atom. The van der Waals surface area contributed by atoms with Crippen LogP contribution < -0.4 is 17.1 Å². The Bertz CT molecular complexity index is 1340. The number of aliphatic hydroxyl groups excluding tert-OH is 7. The second-order valence-electron chi connectivity index (χ2n) is 9.29. The number of ether oxygens (including phenoxy) is 2. The van der Waals surface area contributed by atoms with Gasteiger partial charge in [-0.25, -0.2) is 4.42 Å². The summed E-state index contributed by atoms with van der Waals surface area (Å²) in [6, 6.07) is 6.98. The van der Waals surface area contributed by atoms with Crippen molar-refractivity contribution in [2.24, 2.45) is 0 Å². The van der Waals surface area contributed by atoms with Gasteiger partial charge in [0.1, 0.15) is 59.6 Å². The third kappa shape index (κ3) is 5.95. The monoisotopic (exact) mass is 588 g/mol. The Morgan fingerprint density at radius 2 is 1.48 bits per heavy atom. The van der Waals surface area contributed by atoms with E-state index in [1.165, 1.54) is 18.2 Å². The smallest absolute Gasteiger partial charge is 0.402 e. The average Bonchev–Trinajstić information content (AvgIpc) is 2.89. The summed E-state index contributed by atoms with van der Waals surface area (Å²) in [6.45, 7) is 1.14. The Balaban J connectivity index is 0.00000441. The molecular formula is C25H29ClO14. The third-order valence-electron chi connectivity index (χ3n) is 6.43. The van der Waals surface area contributed by atoms with Gasteiger partial charge in [0.25, 0.3) is 0 Å². The summed E-state index contributed by atoms with van der Waals surface area (Å²) < 4.78 is 17.0. The number of hydrogen-bond acceptors (Lipinski definition) is 13. The number of rotatable bonds is 7. The lowest BCUT2D eigenvalue weighted by Crippen LogP contribution is -3.00. The SMILES string of the molecule is C[C@@H](O)[C@@H](O)[C@H](O)[C@@H](O)[C@H]1OC(Oc2cc3c(O)cc(O)cc3[o+]c2-c2ccc(O)c(O)c2)[C@H](O)[C@@H](O)[C@@H]1O.[Cl-]. The fraction of sp³-hybridized carbons (Fsp3) is 0.400. The van der Waals surface area contributed by atoms with Crippen LogP contribution in [0.15, 0.2) is 40.8 Å². The summed E-state index contributed by atoms with van der Waals surface area (Å²) in [5.74, 6) is -2.18. The molecule has 2 aromatic carbocycles. The van der Waals surface area contributed by atoms with Gasteiger partial charge < -0.3 is 78.1 Å². The van der Waals surface area contributed by atoms with E-state index in [0.717, 1.165) is 25.1 Å². The van der Waals surface area contributed by atoms with Gasteiger partial charge in [-0.15, -0.1) is 0 Å². The van der Waals surface area contributed by atoms with Gasteiger partial charge in [-0.3, -0.25) is 0 Å². The molecular weight excluding hydrogens is 560 g/mol. The van der Waals surface area contributed by atoms with E-state index in [1.54, 1.807) is 0 Å². The standard InChI is InChI=1S/C25H28O14.ClH/c1-8(26)17(31)18(32)20(34)24-21(35)19(33)22(36)25(39-24)38-16-7-11-13(29)5-10(27)6-15(11)37-23(16)9-2-3-12(28)14(30)4-9;/h2-8,17-22,24-26,31-36H,1H3,(H3-,27,28,29,30);1H/t8-,17-,18+,19+,20-,21+,22-,24-,25?;/m1./s1. The molecule has 40 heavy (non-hydrogen) atoms. The molecule has 15 heteroatoms. The number of benzene rings is 2. The third-order valence-corrected chi connectivity index (χ3v) is 6.43. The topological polar surface area (TPSA) is 252 Å². The van der Waals surface area contributed by atoms with Crippen molar-refractivity contribution in [2.75, 3.05) is 0 Å². The van der Waals surface area contributed by atoms with Gasteiger partial charge in [0.05, 0.1) is 17.7 Å². The van der Waals surface area contributed by atoms with E-state index in [-0.39, 0.29) is 46.2 Å². The number of phenols is 4. The van der Waals surface area contributed by atoms with Gasteiger partial charge in [0.15, 0.2) is 11.5 Å². The van der Waals surface area contributed by atoms with Crippen molar-refractivity contribution < 1.29 is 82.5 Å². The zero-order valence-corrected chi connectivity index (χ0v) is 21.4. The number of fused-ring (bicyclic) bond motifs is 1. The van der Waals surface area contributed by atoms with Crippen LogP contribution >= 0.6 is 0 Å². The molecule has 4 rings (SSSR count). The van der Waals surface area contributed by atoms with Crippen molar-refractivity contribution in [1.82, 2.24) is 0 Å². The zero-order chi connectivity index (χ0) is 28.8. The molecule has 0 aliphatic carbocycles. The molecule has 1 fully saturated rings. The van der Waals surface area contributed by atoms with Gasteiger partial charge in [-0.05, 0) is 19.1 Å². The highest BCUT2D eigenvalue weighted by Gasteiger charge is 2.50. The van der Waals surface area contributed by atoms with E-state index < -0.39 is 72.4 Å². The lowest BCUT2D eigenvalue weighted by molar-refractivity contribution is -0.298. The van der Waals surface area contributed by atoms with Crippen molar-refractivity contribution >= 4 is 11.0 Å². The van der Waals surface area contributed by atoms with Crippen molar-refractivity contribution in [3.05, 3.63) is 36.4 Å². The maximum atomic E-state index is 10.6. The van der Waals surface area contributed by atoms with Crippen LogP contribution in [-0.4, -0.2) is 111 Å². The van der Waals surface area contributed by atoms with Gasteiger partial charge in [0.2, 0.25) is 12.0 Å². The van der Waals surface area contributed by atoms with Gasteiger partial charge in [0, 0.05) is 18.2 Å². The Kier molecular flexibility index (Phi) is 9.51. The van der Waals surface area contributed by atoms with Gasteiger partial charge in [-0.2, -0.15) is 0 Å². The molecule has 0 radical (unpaired) electrons.